The maximum absolute atomic E-state index is 14.3. The van der Waals surface area contributed by atoms with Crippen molar-refractivity contribution in [3.05, 3.63) is 94.3 Å². The molecule has 7 nitrogen and oxygen atoms in total. The molecular weight excluding hydrogens is 454 g/mol. The van der Waals surface area contributed by atoms with Gasteiger partial charge < -0.3 is 14.5 Å². The van der Waals surface area contributed by atoms with E-state index in [1.165, 1.54) is 54.1 Å². The summed E-state index contributed by atoms with van der Waals surface area (Å²) >= 11 is 0. The van der Waals surface area contributed by atoms with Gasteiger partial charge in [-0.05, 0) is 48.5 Å². The zero-order valence-electron chi connectivity index (χ0n) is 18.9. The number of anilines is 2. The SMILES string of the molecule is COC(=O)c1ccc2c(=O)n(-c3cccc(F)c3)c(N3CCN(c4ccccc4F)CC3)nc2c1. The molecule has 0 amide bonds. The third-order valence-corrected chi connectivity index (χ3v) is 6.09. The number of halogens is 2. The Morgan fingerprint density at radius 2 is 1.66 bits per heavy atom. The maximum atomic E-state index is 14.3. The third kappa shape index (κ3) is 4.21. The Bertz CT molecular complexity index is 1480. The number of ether oxygens (including phenoxy) is 1. The summed E-state index contributed by atoms with van der Waals surface area (Å²) in [5, 5.41) is 0.288. The number of hydrogen-bond acceptors (Lipinski definition) is 6. The number of para-hydroxylation sites is 1. The Hall–Kier alpha value is -4.27. The largest absolute Gasteiger partial charge is 0.465 e. The summed E-state index contributed by atoms with van der Waals surface area (Å²) in [7, 11) is 1.28. The van der Waals surface area contributed by atoms with Crippen molar-refractivity contribution < 1.29 is 18.3 Å². The number of nitrogens with zero attached hydrogens (tertiary/aromatic N) is 4. The lowest BCUT2D eigenvalue weighted by Crippen LogP contribution is -2.48. The van der Waals surface area contributed by atoms with Crippen LogP contribution >= 0.6 is 0 Å². The van der Waals surface area contributed by atoms with E-state index in [0.29, 0.717) is 49.0 Å². The molecule has 1 aromatic heterocycles. The molecule has 0 radical (unpaired) electrons. The second-order valence-electron chi connectivity index (χ2n) is 8.18. The molecule has 1 fully saturated rings. The normalized spacial score (nSPS) is 13.8. The number of carbonyl (C=O) groups is 1. The highest BCUT2D eigenvalue weighted by Gasteiger charge is 2.25. The van der Waals surface area contributed by atoms with Crippen LogP contribution in [0, 0.1) is 11.6 Å². The number of carbonyl (C=O) groups excluding carboxylic acids is 1. The fourth-order valence-electron chi connectivity index (χ4n) is 4.33. The lowest BCUT2D eigenvalue weighted by atomic mass is 10.1. The molecule has 178 valence electrons. The first kappa shape index (κ1) is 22.5. The van der Waals surface area contributed by atoms with Crippen LogP contribution in [0.5, 0.6) is 0 Å². The molecule has 0 atom stereocenters. The molecule has 0 unspecified atom stereocenters. The van der Waals surface area contributed by atoms with Crippen LogP contribution in [-0.2, 0) is 4.74 Å². The number of hydrogen-bond donors (Lipinski definition) is 0. The van der Waals surface area contributed by atoms with Gasteiger partial charge in [-0.3, -0.25) is 4.79 Å². The number of methoxy groups -OCH3 is 1. The molecule has 1 saturated heterocycles. The highest BCUT2D eigenvalue weighted by molar-refractivity contribution is 5.94. The second kappa shape index (κ2) is 9.17. The zero-order chi connectivity index (χ0) is 24.5. The Labute approximate surface area is 199 Å². The topological polar surface area (TPSA) is 67.7 Å². The van der Waals surface area contributed by atoms with Crippen LogP contribution in [0.3, 0.4) is 0 Å². The first-order chi connectivity index (χ1) is 17.0. The van der Waals surface area contributed by atoms with Crippen molar-refractivity contribution in [1.29, 1.82) is 0 Å². The molecule has 0 N–H and O–H groups in total. The van der Waals surface area contributed by atoms with Crippen LogP contribution in [0.2, 0.25) is 0 Å². The molecule has 0 aliphatic carbocycles. The number of aromatic nitrogens is 2. The van der Waals surface area contributed by atoms with Gasteiger partial charge in [-0.2, -0.15) is 0 Å². The zero-order valence-corrected chi connectivity index (χ0v) is 18.9. The minimum atomic E-state index is -0.539. The summed E-state index contributed by atoms with van der Waals surface area (Å²) in [5.74, 6) is -0.992. The first-order valence-electron chi connectivity index (χ1n) is 11.1. The van der Waals surface area contributed by atoms with Crippen LogP contribution in [0.1, 0.15) is 10.4 Å². The van der Waals surface area contributed by atoms with Crippen LogP contribution in [0.4, 0.5) is 20.4 Å². The second-order valence-corrected chi connectivity index (χ2v) is 8.18. The monoisotopic (exact) mass is 476 g/mol. The van der Waals surface area contributed by atoms with Gasteiger partial charge in [0.1, 0.15) is 11.6 Å². The van der Waals surface area contributed by atoms with Gasteiger partial charge in [-0.15, -0.1) is 0 Å². The van der Waals surface area contributed by atoms with Crippen LogP contribution in [0.25, 0.3) is 16.6 Å². The standard InChI is InChI=1S/C26H22F2N4O3/c1-35-25(34)17-9-10-20-22(15-17)29-26(32(24(20)33)19-6-4-5-18(27)16-19)31-13-11-30(12-14-31)23-8-3-2-7-21(23)28/h2-10,15-16H,11-14H2,1H3. The van der Waals surface area contributed by atoms with E-state index in [2.05, 4.69) is 0 Å². The van der Waals surface area contributed by atoms with Gasteiger partial charge in [0.25, 0.3) is 5.56 Å². The smallest absolute Gasteiger partial charge is 0.337 e. The van der Waals surface area contributed by atoms with Crippen LogP contribution in [0.15, 0.2) is 71.5 Å². The van der Waals surface area contributed by atoms with Crippen molar-refractivity contribution in [1.82, 2.24) is 9.55 Å². The Balaban J connectivity index is 1.60. The van der Waals surface area contributed by atoms with E-state index in [0.717, 1.165) is 0 Å². The van der Waals surface area contributed by atoms with E-state index < -0.39 is 11.8 Å². The summed E-state index contributed by atoms with van der Waals surface area (Å²) in [6.45, 7) is 1.91. The highest BCUT2D eigenvalue weighted by Crippen LogP contribution is 2.25. The fourth-order valence-corrected chi connectivity index (χ4v) is 4.33. The molecule has 1 aliphatic rings. The number of rotatable bonds is 4. The van der Waals surface area contributed by atoms with Gasteiger partial charge in [0.15, 0.2) is 0 Å². The minimum Gasteiger partial charge on any atom is -0.465 e. The molecule has 2 heterocycles. The third-order valence-electron chi connectivity index (χ3n) is 6.09. The van der Waals surface area contributed by atoms with Gasteiger partial charge >= 0.3 is 5.97 Å². The number of benzene rings is 3. The van der Waals surface area contributed by atoms with E-state index >= 15 is 0 Å². The minimum absolute atomic E-state index is 0.269. The summed E-state index contributed by atoms with van der Waals surface area (Å²) < 4.78 is 34.5. The van der Waals surface area contributed by atoms with Crippen LogP contribution < -0.4 is 15.4 Å². The van der Waals surface area contributed by atoms with E-state index in [9.17, 15) is 18.4 Å². The fraction of sp³-hybridized carbons (Fsp3) is 0.192. The molecule has 1 aliphatic heterocycles. The average Bonchev–Trinajstić information content (AvgIpc) is 2.88. The molecule has 0 spiro atoms. The number of esters is 1. The summed E-state index contributed by atoms with van der Waals surface area (Å²) in [6.07, 6.45) is 0. The molecule has 5 rings (SSSR count). The molecule has 3 aromatic carbocycles. The van der Waals surface area contributed by atoms with Crippen molar-refractivity contribution in [2.24, 2.45) is 0 Å². The van der Waals surface area contributed by atoms with Gasteiger partial charge in [0, 0.05) is 26.2 Å². The number of fused-ring (bicyclic) bond motifs is 1. The predicted molar refractivity (Wildman–Crippen MR) is 129 cm³/mol. The molecule has 4 aromatic rings. The van der Waals surface area contributed by atoms with E-state index in [-0.39, 0.29) is 22.3 Å². The van der Waals surface area contributed by atoms with Gasteiger partial charge in [0.2, 0.25) is 5.95 Å². The maximum Gasteiger partial charge on any atom is 0.337 e. The van der Waals surface area contributed by atoms with Crippen molar-refractivity contribution in [3.8, 4) is 5.69 Å². The molecule has 9 heteroatoms. The quantitative estimate of drug-likeness (QED) is 0.418. The molecular formula is C26H22F2N4O3. The first-order valence-corrected chi connectivity index (χ1v) is 11.1. The summed E-state index contributed by atoms with van der Waals surface area (Å²) in [6, 6.07) is 16.9. The summed E-state index contributed by atoms with van der Waals surface area (Å²) in [4.78, 5) is 34.2. The van der Waals surface area contributed by atoms with E-state index in [1.54, 1.807) is 24.3 Å². The molecule has 35 heavy (non-hydrogen) atoms. The Morgan fingerprint density at radius 3 is 2.37 bits per heavy atom. The Morgan fingerprint density at radius 1 is 0.914 bits per heavy atom. The van der Waals surface area contributed by atoms with E-state index in [4.69, 9.17) is 9.72 Å². The lowest BCUT2D eigenvalue weighted by Gasteiger charge is -2.37. The van der Waals surface area contributed by atoms with Crippen LogP contribution in [-0.4, -0.2) is 48.8 Å². The lowest BCUT2D eigenvalue weighted by molar-refractivity contribution is 0.0601. The Kier molecular flexibility index (Phi) is 5.90. The average molecular weight is 476 g/mol. The van der Waals surface area contributed by atoms with Crippen molar-refractivity contribution in [2.45, 2.75) is 0 Å². The van der Waals surface area contributed by atoms with E-state index in [1.807, 2.05) is 9.80 Å². The highest BCUT2D eigenvalue weighted by atomic mass is 19.1. The summed E-state index contributed by atoms with van der Waals surface area (Å²) in [5.41, 5.74) is 1.07. The van der Waals surface area contributed by atoms with Gasteiger partial charge in [0.05, 0.1) is 35.0 Å². The molecule has 0 saturated carbocycles. The number of piperazine rings is 1. The van der Waals surface area contributed by atoms with Crippen molar-refractivity contribution in [2.75, 3.05) is 43.1 Å². The van der Waals surface area contributed by atoms with Crippen molar-refractivity contribution in [3.63, 3.8) is 0 Å². The van der Waals surface area contributed by atoms with Crippen molar-refractivity contribution >= 4 is 28.5 Å². The van der Waals surface area contributed by atoms with Gasteiger partial charge in [-0.25, -0.2) is 23.1 Å². The molecule has 0 bridgehead atoms. The predicted octanol–water partition coefficient (Wildman–Crippen LogP) is 3.78. The van der Waals surface area contributed by atoms with Gasteiger partial charge in [-0.1, -0.05) is 18.2 Å².